The Bertz CT molecular complexity index is 1880. The number of hydrogen-bond acceptors (Lipinski definition) is 2. The van der Waals surface area contributed by atoms with E-state index in [9.17, 15) is 0 Å². The van der Waals surface area contributed by atoms with Crippen LogP contribution in [-0.4, -0.2) is 4.98 Å². The van der Waals surface area contributed by atoms with E-state index in [0.29, 0.717) is 0 Å². The number of rotatable bonds is 5. The van der Waals surface area contributed by atoms with Gasteiger partial charge in [0.05, 0.1) is 5.69 Å². The van der Waals surface area contributed by atoms with Crippen molar-refractivity contribution in [2.24, 2.45) is 0 Å². The van der Waals surface area contributed by atoms with Crippen LogP contribution in [0, 0.1) is 0 Å². The zero-order valence-corrected chi connectivity index (χ0v) is 20.8. The summed E-state index contributed by atoms with van der Waals surface area (Å²) in [5.74, 6) is 0. The van der Waals surface area contributed by atoms with Crippen molar-refractivity contribution >= 4 is 21.9 Å². The van der Waals surface area contributed by atoms with Crippen LogP contribution >= 0.6 is 0 Å². The van der Waals surface area contributed by atoms with Crippen LogP contribution in [0.25, 0.3) is 55.4 Å². The van der Waals surface area contributed by atoms with Gasteiger partial charge in [0, 0.05) is 34.0 Å². The summed E-state index contributed by atoms with van der Waals surface area (Å²) < 4.78 is 6.39. The summed E-state index contributed by atoms with van der Waals surface area (Å²) >= 11 is 0. The van der Waals surface area contributed by atoms with Crippen LogP contribution in [-0.2, 0) is 6.42 Å². The first kappa shape index (κ1) is 22.3. The van der Waals surface area contributed by atoms with E-state index in [2.05, 4.69) is 121 Å². The molecule has 0 bridgehead atoms. The molecule has 7 aromatic rings. The van der Waals surface area contributed by atoms with Crippen LogP contribution in [0.4, 0.5) is 0 Å². The zero-order chi connectivity index (χ0) is 25.3. The summed E-state index contributed by atoms with van der Waals surface area (Å²) in [6.07, 6.45) is 0.741. The normalized spacial score (nSPS) is 11.3. The van der Waals surface area contributed by atoms with Crippen molar-refractivity contribution in [3.63, 3.8) is 0 Å². The molecule has 0 spiro atoms. The van der Waals surface area contributed by atoms with Gasteiger partial charge in [-0.25, -0.2) is 0 Å². The molecule has 2 aromatic heterocycles. The van der Waals surface area contributed by atoms with Crippen molar-refractivity contribution in [1.82, 2.24) is 4.98 Å². The highest BCUT2D eigenvalue weighted by Gasteiger charge is 2.14. The van der Waals surface area contributed by atoms with Gasteiger partial charge >= 0.3 is 0 Å². The van der Waals surface area contributed by atoms with E-state index in [1.165, 1.54) is 16.7 Å². The lowest BCUT2D eigenvalue weighted by molar-refractivity contribution is 0.670. The van der Waals surface area contributed by atoms with E-state index in [1.807, 2.05) is 18.2 Å². The Morgan fingerprint density at radius 1 is 0.500 bits per heavy atom. The maximum absolute atomic E-state index is 6.39. The molecule has 2 nitrogen and oxygen atoms in total. The van der Waals surface area contributed by atoms with Gasteiger partial charge in [-0.2, -0.15) is 0 Å². The number of aromatic nitrogens is 1. The SMILES string of the molecule is c1ccc(-c2cc(Cc3cccc(-c4ccccc4)n3)cc(-c3cccc4c3oc3ccccc34)c2)cc1. The lowest BCUT2D eigenvalue weighted by atomic mass is 9.93. The standard InChI is InChI=1S/C36H25NO/c1-3-11-26(12-4-1)28-21-25(23-30-15-9-19-34(37-30)27-13-5-2-6-14-27)22-29(24-28)31-17-10-18-33-32-16-7-8-20-35(32)38-36(31)33/h1-22,24H,23H2. The van der Waals surface area contributed by atoms with Gasteiger partial charge in [0.25, 0.3) is 0 Å². The predicted molar refractivity (Wildman–Crippen MR) is 157 cm³/mol. The Morgan fingerprint density at radius 2 is 1.18 bits per heavy atom. The number of pyridine rings is 1. The Kier molecular flexibility index (Phi) is 5.56. The molecule has 38 heavy (non-hydrogen) atoms. The van der Waals surface area contributed by atoms with Crippen molar-refractivity contribution in [1.29, 1.82) is 0 Å². The third-order valence-corrected chi connectivity index (χ3v) is 7.08. The van der Waals surface area contributed by atoms with Crippen molar-refractivity contribution in [2.45, 2.75) is 6.42 Å². The smallest absolute Gasteiger partial charge is 0.143 e. The van der Waals surface area contributed by atoms with Crippen LogP contribution in [0.1, 0.15) is 11.3 Å². The second-order valence-corrected chi connectivity index (χ2v) is 9.62. The number of hydrogen-bond donors (Lipinski definition) is 0. The molecule has 0 aliphatic heterocycles. The highest BCUT2D eigenvalue weighted by molar-refractivity contribution is 6.09. The molecule has 0 aliphatic rings. The third-order valence-electron chi connectivity index (χ3n) is 7.08. The second kappa shape index (κ2) is 9.49. The van der Waals surface area contributed by atoms with E-state index < -0.39 is 0 Å². The molecule has 2 heterocycles. The molecule has 7 rings (SSSR count). The monoisotopic (exact) mass is 487 g/mol. The van der Waals surface area contributed by atoms with Gasteiger partial charge in [-0.3, -0.25) is 4.98 Å². The first-order chi connectivity index (χ1) is 18.8. The lowest BCUT2D eigenvalue weighted by Crippen LogP contribution is -1.96. The van der Waals surface area contributed by atoms with E-state index in [-0.39, 0.29) is 0 Å². The molecule has 0 saturated carbocycles. The Hall–Kier alpha value is -4.95. The fraction of sp³-hybridized carbons (Fsp3) is 0.0278. The minimum Gasteiger partial charge on any atom is -0.455 e. The molecule has 0 atom stereocenters. The van der Waals surface area contributed by atoms with Crippen LogP contribution in [0.5, 0.6) is 0 Å². The summed E-state index contributed by atoms with van der Waals surface area (Å²) in [7, 11) is 0. The summed E-state index contributed by atoms with van der Waals surface area (Å²) in [5, 5.41) is 2.28. The quantitative estimate of drug-likeness (QED) is 0.242. The van der Waals surface area contributed by atoms with E-state index in [0.717, 1.165) is 56.4 Å². The number of nitrogens with zero attached hydrogens (tertiary/aromatic N) is 1. The van der Waals surface area contributed by atoms with E-state index in [1.54, 1.807) is 0 Å². The van der Waals surface area contributed by atoms with Crippen molar-refractivity contribution in [2.75, 3.05) is 0 Å². The maximum Gasteiger partial charge on any atom is 0.143 e. The largest absolute Gasteiger partial charge is 0.455 e. The van der Waals surface area contributed by atoms with Gasteiger partial charge in [0.1, 0.15) is 11.2 Å². The molecule has 0 N–H and O–H groups in total. The summed E-state index contributed by atoms with van der Waals surface area (Å²) in [6, 6.07) is 48.7. The molecule has 0 saturated heterocycles. The first-order valence-electron chi connectivity index (χ1n) is 12.9. The van der Waals surface area contributed by atoms with Crippen LogP contribution < -0.4 is 0 Å². The van der Waals surface area contributed by atoms with Crippen LogP contribution in [0.15, 0.2) is 144 Å². The molecule has 0 amide bonds. The maximum atomic E-state index is 6.39. The lowest BCUT2D eigenvalue weighted by Gasteiger charge is -2.12. The Balaban J connectivity index is 1.37. The minimum atomic E-state index is 0.741. The molecular formula is C36H25NO. The van der Waals surface area contributed by atoms with Gasteiger partial charge < -0.3 is 4.42 Å². The molecule has 2 heteroatoms. The molecule has 0 unspecified atom stereocenters. The minimum absolute atomic E-state index is 0.741. The fourth-order valence-electron chi connectivity index (χ4n) is 5.28. The number of fused-ring (bicyclic) bond motifs is 3. The highest BCUT2D eigenvalue weighted by Crippen LogP contribution is 2.37. The van der Waals surface area contributed by atoms with Gasteiger partial charge in [0.2, 0.25) is 0 Å². The third kappa shape index (κ3) is 4.16. The van der Waals surface area contributed by atoms with Gasteiger partial charge in [-0.15, -0.1) is 0 Å². The number of benzene rings is 5. The average Bonchev–Trinajstić information content (AvgIpc) is 3.37. The first-order valence-corrected chi connectivity index (χ1v) is 12.9. The van der Waals surface area contributed by atoms with Crippen molar-refractivity contribution in [3.8, 4) is 33.5 Å². The second-order valence-electron chi connectivity index (χ2n) is 9.62. The molecule has 5 aromatic carbocycles. The Morgan fingerprint density at radius 3 is 2.03 bits per heavy atom. The highest BCUT2D eigenvalue weighted by atomic mass is 16.3. The molecular weight excluding hydrogens is 462 g/mol. The molecule has 0 aliphatic carbocycles. The molecule has 180 valence electrons. The van der Waals surface area contributed by atoms with Gasteiger partial charge in [-0.05, 0) is 46.5 Å². The van der Waals surface area contributed by atoms with Crippen LogP contribution in [0.3, 0.4) is 0 Å². The zero-order valence-electron chi connectivity index (χ0n) is 20.8. The molecule has 0 radical (unpaired) electrons. The van der Waals surface area contributed by atoms with E-state index >= 15 is 0 Å². The van der Waals surface area contributed by atoms with Gasteiger partial charge in [-0.1, -0.05) is 115 Å². The molecule has 0 fully saturated rings. The topological polar surface area (TPSA) is 26.0 Å². The fourth-order valence-corrected chi connectivity index (χ4v) is 5.28. The van der Waals surface area contributed by atoms with E-state index in [4.69, 9.17) is 9.40 Å². The summed E-state index contributed by atoms with van der Waals surface area (Å²) in [5.41, 5.74) is 10.8. The van der Waals surface area contributed by atoms with Crippen molar-refractivity contribution < 1.29 is 4.42 Å². The summed E-state index contributed by atoms with van der Waals surface area (Å²) in [4.78, 5) is 5.00. The average molecular weight is 488 g/mol. The summed E-state index contributed by atoms with van der Waals surface area (Å²) in [6.45, 7) is 0. The number of furan rings is 1. The number of para-hydroxylation sites is 2. The predicted octanol–water partition coefficient (Wildman–Crippen LogP) is 9.57. The van der Waals surface area contributed by atoms with Crippen LogP contribution in [0.2, 0.25) is 0 Å². The Labute approximate surface area is 221 Å². The van der Waals surface area contributed by atoms with Crippen molar-refractivity contribution in [3.05, 3.63) is 151 Å². The van der Waals surface area contributed by atoms with Gasteiger partial charge in [0.15, 0.2) is 0 Å².